The minimum atomic E-state index is 0.373. The fourth-order valence-corrected chi connectivity index (χ4v) is 2.56. The molecular weight excluding hydrogens is 288 g/mol. The molecule has 0 fully saturated rings. The highest BCUT2D eigenvalue weighted by atomic mass is 32.1. The van der Waals surface area contributed by atoms with Crippen molar-refractivity contribution in [2.24, 2.45) is 0 Å². The van der Waals surface area contributed by atoms with Gasteiger partial charge in [0.1, 0.15) is 10.9 Å². The van der Waals surface area contributed by atoms with Crippen molar-refractivity contribution in [3.8, 4) is 22.7 Å². The third kappa shape index (κ3) is 2.75. The number of nitriles is 1. The molecule has 0 aliphatic rings. The highest BCUT2D eigenvalue weighted by molar-refractivity contribution is 7.13. The maximum absolute atomic E-state index is 9.01. The average molecular weight is 298 g/mol. The average Bonchev–Trinajstić information content (AvgIpc) is 3.16. The molecule has 3 rings (SSSR count). The SMILES string of the molecule is COc1ccc(Cc2noc(-c3sccc3C#N)n2)cn1. The number of aromatic nitrogens is 3. The lowest BCUT2D eigenvalue weighted by atomic mass is 10.2. The van der Waals surface area contributed by atoms with Crippen molar-refractivity contribution >= 4 is 11.3 Å². The van der Waals surface area contributed by atoms with E-state index in [-0.39, 0.29) is 0 Å². The Morgan fingerprint density at radius 2 is 2.29 bits per heavy atom. The molecule has 0 saturated heterocycles. The summed E-state index contributed by atoms with van der Waals surface area (Å²) in [5.74, 6) is 1.48. The lowest BCUT2D eigenvalue weighted by Crippen LogP contribution is -1.93. The maximum atomic E-state index is 9.01. The molecule has 3 aromatic rings. The number of pyridine rings is 1. The lowest BCUT2D eigenvalue weighted by molar-refractivity contribution is 0.397. The maximum Gasteiger partial charge on any atom is 0.269 e. The molecule has 0 spiro atoms. The quantitative estimate of drug-likeness (QED) is 0.736. The van der Waals surface area contributed by atoms with Crippen molar-refractivity contribution in [2.45, 2.75) is 6.42 Å². The minimum absolute atomic E-state index is 0.373. The van der Waals surface area contributed by atoms with Crippen LogP contribution >= 0.6 is 11.3 Å². The molecule has 0 radical (unpaired) electrons. The van der Waals surface area contributed by atoms with Gasteiger partial charge in [-0.3, -0.25) is 0 Å². The summed E-state index contributed by atoms with van der Waals surface area (Å²) >= 11 is 1.40. The zero-order valence-electron chi connectivity index (χ0n) is 11.1. The molecule has 0 N–H and O–H groups in total. The van der Waals surface area contributed by atoms with Crippen LogP contribution in [0.4, 0.5) is 0 Å². The van der Waals surface area contributed by atoms with Crippen LogP contribution in [0.25, 0.3) is 10.8 Å². The van der Waals surface area contributed by atoms with Gasteiger partial charge < -0.3 is 9.26 Å². The molecule has 0 amide bonds. The molecule has 21 heavy (non-hydrogen) atoms. The van der Waals surface area contributed by atoms with Crippen LogP contribution in [0.15, 0.2) is 34.3 Å². The Kier molecular flexibility index (Phi) is 3.62. The first-order valence-electron chi connectivity index (χ1n) is 6.09. The van der Waals surface area contributed by atoms with Gasteiger partial charge in [0, 0.05) is 18.7 Å². The molecular formula is C14H10N4O2S. The third-order valence-electron chi connectivity index (χ3n) is 2.82. The Balaban J connectivity index is 1.80. The van der Waals surface area contributed by atoms with Crippen LogP contribution in [0.2, 0.25) is 0 Å². The number of methoxy groups -OCH3 is 1. The topological polar surface area (TPSA) is 84.8 Å². The Morgan fingerprint density at radius 3 is 3.00 bits per heavy atom. The fraction of sp³-hybridized carbons (Fsp3) is 0.143. The first-order valence-corrected chi connectivity index (χ1v) is 6.97. The van der Waals surface area contributed by atoms with Crippen LogP contribution in [0.1, 0.15) is 17.0 Å². The highest BCUT2D eigenvalue weighted by Crippen LogP contribution is 2.27. The largest absolute Gasteiger partial charge is 0.481 e. The van der Waals surface area contributed by atoms with Gasteiger partial charge in [-0.2, -0.15) is 10.2 Å². The molecule has 0 aromatic carbocycles. The molecule has 0 bridgehead atoms. The van der Waals surface area contributed by atoms with Gasteiger partial charge in [0.05, 0.1) is 12.7 Å². The fourth-order valence-electron chi connectivity index (χ4n) is 1.80. The van der Waals surface area contributed by atoms with Gasteiger partial charge in [-0.15, -0.1) is 11.3 Å². The standard InChI is InChI=1S/C14H10N4O2S/c1-19-12-3-2-9(8-16-12)6-11-17-14(20-18-11)13-10(7-15)4-5-21-13/h2-5,8H,6H2,1H3. The monoisotopic (exact) mass is 298 g/mol. The van der Waals surface area contributed by atoms with Gasteiger partial charge in [-0.05, 0) is 17.0 Å². The van der Waals surface area contributed by atoms with Crippen molar-refractivity contribution in [1.82, 2.24) is 15.1 Å². The Labute approximate surface area is 124 Å². The van der Waals surface area contributed by atoms with Crippen LogP contribution in [0.5, 0.6) is 5.88 Å². The lowest BCUT2D eigenvalue weighted by Gasteiger charge is -1.99. The molecule has 0 atom stereocenters. The Morgan fingerprint density at radius 1 is 1.38 bits per heavy atom. The van der Waals surface area contributed by atoms with Crippen LogP contribution in [0.3, 0.4) is 0 Å². The Bertz CT molecular complexity index is 786. The van der Waals surface area contributed by atoms with Crippen molar-refractivity contribution in [1.29, 1.82) is 5.26 Å². The summed E-state index contributed by atoms with van der Waals surface area (Å²) in [6.45, 7) is 0. The second-order valence-electron chi connectivity index (χ2n) is 4.18. The zero-order valence-corrected chi connectivity index (χ0v) is 11.9. The van der Waals surface area contributed by atoms with E-state index in [0.717, 1.165) is 5.56 Å². The molecule has 104 valence electrons. The summed E-state index contributed by atoms with van der Waals surface area (Å²) in [6, 6.07) is 7.52. The smallest absolute Gasteiger partial charge is 0.269 e. The third-order valence-corrected chi connectivity index (χ3v) is 3.72. The van der Waals surface area contributed by atoms with E-state index in [0.29, 0.717) is 34.5 Å². The van der Waals surface area contributed by atoms with E-state index < -0.39 is 0 Å². The Hall–Kier alpha value is -2.72. The summed E-state index contributed by atoms with van der Waals surface area (Å²) in [5.41, 5.74) is 1.50. The van der Waals surface area contributed by atoms with E-state index in [1.54, 1.807) is 25.4 Å². The van der Waals surface area contributed by atoms with Crippen LogP contribution in [-0.2, 0) is 6.42 Å². The summed E-state index contributed by atoms with van der Waals surface area (Å²) in [5, 5.41) is 14.8. The molecule has 0 saturated carbocycles. The molecule has 3 heterocycles. The van der Waals surface area contributed by atoms with E-state index in [4.69, 9.17) is 14.5 Å². The van der Waals surface area contributed by atoms with Gasteiger partial charge in [0.25, 0.3) is 5.89 Å². The van der Waals surface area contributed by atoms with Gasteiger partial charge in [0.2, 0.25) is 5.88 Å². The van der Waals surface area contributed by atoms with Crippen LogP contribution in [-0.4, -0.2) is 22.2 Å². The highest BCUT2D eigenvalue weighted by Gasteiger charge is 2.14. The summed E-state index contributed by atoms with van der Waals surface area (Å²) in [6.07, 6.45) is 2.22. The van der Waals surface area contributed by atoms with E-state index in [1.807, 2.05) is 11.4 Å². The van der Waals surface area contributed by atoms with Crippen LogP contribution in [0, 0.1) is 11.3 Å². The van der Waals surface area contributed by atoms with E-state index in [2.05, 4.69) is 21.2 Å². The number of rotatable bonds is 4. The van der Waals surface area contributed by atoms with Gasteiger partial charge in [-0.25, -0.2) is 4.98 Å². The van der Waals surface area contributed by atoms with Crippen LogP contribution < -0.4 is 4.74 Å². The number of nitrogens with zero attached hydrogens (tertiary/aromatic N) is 4. The first kappa shape index (κ1) is 13.3. The molecule has 0 unspecified atom stereocenters. The van der Waals surface area contributed by atoms with Crippen molar-refractivity contribution < 1.29 is 9.26 Å². The predicted octanol–water partition coefficient (Wildman–Crippen LogP) is 2.66. The molecule has 0 aliphatic carbocycles. The second kappa shape index (κ2) is 5.73. The predicted molar refractivity (Wildman–Crippen MR) is 75.9 cm³/mol. The second-order valence-corrected chi connectivity index (χ2v) is 5.09. The molecule has 6 nitrogen and oxygen atoms in total. The van der Waals surface area contributed by atoms with E-state index in [1.165, 1.54) is 11.3 Å². The first-order chi connectivity index (χ1) is 10.3. The number of ether oxygens (including phenoxy) is 1. The number of hydrogen-bond acceptors (Lipinski definition) is 7. The van der Waals surface area contributed by atoms with Crippen molar-refractivity contribution in [3.05, 3.63) is 46.7 Å². The summed E-state index contributed by atoms with van der Waals surface area (Å²) in [7, 11) is 1.57. The van der Waals surface area contributed by atoms with Gasteiger partial charge in [-0.1, -0.05) is 11.2 Å². The molecule has 3 aromatic heterocycles. The number of hydrogen-bond donors (Lipinski definition) is 0. The summed E-state index contributed by atoms with van der Waals surface area (Å²) < 4.78 is 10.2. The molecule has 7 heteroatoms. The van der Waals surface area contributed by atoms with Gasteiger partial charge in [0.15, 0.2) is 5.82 Å². The normalized spacial score (nSPS) is 10.3. The van der Waals surface area contributed by atoms with E-state index in [9.17, 15) is 0 Å². The minimum Gasteiger partial charge on any atom is -0.481 e. The van der Waals surface area contributed by atoms with Crippen molar-refractivity contribution in [2.75, 3.05) is 7.11 Å². The van der Waals surface area contributed by atoms with Gasteiger partial charge >= 0.3 is 0 Å². The van der Waals surface area contributed by atoms with Crippen molar-refractivity contribution in [3.63, 3.8) is 0 Å². The number of thiophene rings is 1. The molecule has 0 aliphatic heterocycles. The summed E-state index contributed by atoms with van der Waals surface area (Å²) in [4.78, 5) is 9.15. The van der Waals surface area contributed by atoms with E-state index >= 15 is 0 Å². The zero-order chi connectivity index (χ0) is 14.7.